The largest absolute Gasteiger partial charge is 0.497 e. The van der Waals surface area contributed by atoms with Gasteiger partial charge in [0.2, 0.25) is 0 Å². The second-order valence-electron chi connectivity index (χ2n) is 10.3. The predicted molar refractivity (Wildman–Crippen MR) is 134 cm³/mol. The molecule has 0 unspecified atom stereocenters. The van der Waals surface area contributed by atoms with Gasteiger partial charge in [0.15, 0.2) is 6.10 Å². The van der Waals surface area contributed by atoms with Gasteiger partial charge in [-0.05, 0) is 73.4 Å². The summed E-state index contributed by atoms with van der Waals surface area (Å²) in [6.45, 7) is 6.85. The predicted octanol–water partition coefficient (Wildman–Crippen LogP) is 5.44. The number of nitrogens with zero attached hydrogens (tertiary/aromatic N) is 1. The second-order valence-corrected chi connectivity index (χ2v) is 11.4. The van der Waals surface area contributed by atoms with Gasteiger partial charge in [-0.2, -0.15) is 0 Å². The van der Waals surface area contributed by atoms with Gasteiger partial charge in [0, 0.05) is 16.1 Å². The van der Waals surface area contributed by atoms with E-state index in [1.807, 2.05) is 54.6 Å². The third-order valence-corrected chi connectivity index (χ3v) is 9.31. The van der Waals surface area contributed by atoms with Crippen molar-refractivity contribution < 1.29 is 14.3 Å². The third-order valence-electron chi connectivity index (χ3n) is 7.97. The summed E-state index contributed by atoms with van der Waals surface area (Å²) in [7, 11) is 1.63. The van der Waals surface area contributed by atoms with Crippen LogP contribution in [0, 0.1) is 29.1 Å². The number of hydrogen-bond acceptors (Lipinski definition) is 3. The molecule has 0 bridgehead atoms. The zero-order chi connectivity index (χ0) is 23.4. The van der Waals surface area contributed by atoms with Crippen LogP contribution in [0.4, 0.5) is 5.69 Å². The normalized spacial score (nSPS) is 33.9. The van der Waals surface area contributed by atoms with Crippen molar-refractivity contribution in [1.29, 1.82) is 0 Å². The van der Waals surface area contributed by atoms with Crippen molar-refractivity contribution in [1.82, 2.24) is 0 Å². The van der Waals surface area contributed by atoms with Crippen LogP contribution in [0.1, 0.15) is 39.2 Å². The van der Waals surface area contributed by atoms with E-state index in [9.17, 15) is 4.79 Å². The summed E-state index contributed by atoms with van der Waals surface area (Å²) in [5, 5.41) is 0. The molecule has 1 heterocycles. The first-order valence-electron chi connectivity index (χ1n) is 11.6. The maximum Gasteiger partial charge on any atom is 0.260 e. The number of ether oxygens (including phenoxy) is 2. The molecule has 0 aromatic heterocycles. The van der Waals surface area contributed by atoms with Gasteiger partial charge < -0.3 is 9.47 Å². The van der Waals surface area contributed by atoms with Crippen LogP contribution >= 0.6 is 15.9 Å². The molecular weight excluding hydrogens is 478 g/mol. The van der Waals surface area contributed by atoms with Crippen molar-refractivity contribution >= 4 is 27.5 Å². The molecule has 3 fully saturated rings. The van der Waals surface area contributed by atoms with Crippen molar-refractivity contribution in [2.45, 2.75) is 56.2 Å². The van der Waals surface area contributed by atoms with Crippen LogP contribution in [0.5, 0.6) is 5.75 Å². The van der Waals surface area contributed by atoms with E-state index in [0.29, 0.717) is 11.3 Å². The fourth-order valence-corrected chi connectivity index (χ4v) is 6.30. The van der Waals surface area contributed by atoms with E-state index in [2.05, 4.69) is 48.5 Å². The quantitative estimate of drug-likeness (QED) is 0.314. The van der Waals surface area contributed by atoms with Crippen LogP contribution in [0.3, 0.4) is 0 Å². The lowest BCUT2D eigenvalue weighted by atomic mass is 9.85. The smallest absolute Gasteiger partial charge is 0.260 e. The highest BCUT2D eigenvalue weighted by Gasteiger charge is 2.65. The molecule has 1 amide bonds. The molecule has 33 heavy (non-hydrogen) atoms. The molecule has 2 aromatic carbocycles. The maximum atomic E-state index is 13.4. The highest BCUT2D eigenvalue weighted by Crippen LogP contribution is 2.68. The standard InChI is InChI=1S/C28H30BrNO3/c1-27(2)21-16-24(29)28(3,17-22(21)27)33-25-23(15-10-18-8-6-5-7-9-18)30(26(25)31)19-11-13-20(32-4)14-12-19/h5-9,11-14,21-25H,16-17H2,1-4H3/t21-,22+,23+,24-,25-,28-/m1/s1. The Morgan fingerprint density at radius 2 is 1.73 bits per heavy atom. The lowest BCUT2D eigenvalue weighted by molar-refractivity contribution is -0.160. The van der Waals surface area contributed by atoms with Crippen LogP contribution in [0.25, 0.3) is 0 Å². The summed E-state index contributed by atoms with van der Waals surface area (Å²) >= 11 is 3.90. The molecule has 0 spiro atoms. The highest BCUT2D eigenvalue weighted by molar-refractivity contribution is 9.09. The van der Waals surface area contributed by atoms with Gasteiger partial charge in [-0.1, -0.05) is 59.8 Å². The van der Waals surface area contributed by atoms with Gasteiger partial charge in [-0.3, -0.25) is 9.69 Å². The number of carbonyl (C=O) groups is 1. The van der Waals surface area contributed by atoms with E-state index in [0.717, 1.165) is 35.8 Å². The van der Waals surface area contributed by atoms with Gasteiger partial charge in [0.05, 0.1) is 12.7 Å². The number of methoxy groups -OCH3 is 1. The lowest BCUT2D eigenvalue weighted by Crippen LogP contribution is -2.68. The summed E-state index contributed by atoms with van der Waals surface area (Å²) in [6.07, 6.45) is 1.47. The van der Waals surface area contributed by atoms with Crippen molar-refractivity contribution in [2.24, 2.45) is 17.3 Å². The minimum Gasteiger partial charge on any atom is -0.497 e. The molecule has 0 radical (unpaired) electrons. The van der Waals surface area contributed by atoms with Gasteiger partial charge in [-0.25, -0.2) is 0 Å². The minimum absolute atomic E-state index is 0.0364. The number of hydrogen-bond donors (Lipinski definition) is 0. The van der Waals surface area contributed by atoms with Crippen molar-refractivity contribution in [2.75, 3.05) is 12.0 Å². The number of anilines is 1. The van der Waals surface area contributed by atoms with E-state index < -0.39 is 11.7 Å². The van der Waals surface area contributed by atoms with Gasteiger partial charge in [-0.15, -0.1) is 0 Å². The summed E-state index contributed by atoms with van der Waals surface area (Å²) in [4.78, 5) is 15.3. The van der Waals surface area contributed by atoms with Gasteiger partial charge in [0.25, 0.3) is 5.91 Å². The van der Waals surface area contributed by atoms with Crippen molar-refractivity contribution in [3.8, 4) is 17.6 Å². The molecule has 0 N–H and O–H groups in total. The van der Waals surface area contributed by atoms with Crippen LogP contribution in [-0.4, -0.2) is 35.6 Å². The van der Waals surface area contributed by atoms with Gasteiger partial charge >= 0.3 is 0 Å². The lowest BCUT2D eigenvalue weighted by Gasteiger charge is -2.49. The van der Waals surface area contributed by atoms with E-state index in [-0.39, 0.29) is 16.8 Å². The number of alkyl halides is 1. The molecule has 5 rings (SSSR count). The number of halogens is 1. The van der Waals surface area contributed by atoms with Gasteiger partial charge in [0.1, 0.15) is 11.8 Å². The third kappa shape index (κ3) is 3.88. The maximum absolute atomic E-state index is 13.4. The van der Waals surface area contributed by atoms with E-state index in [4.69, 9.17) is 9.47 Å². The molecule has 2 aliphatic carbocycles. The van der Waals surface area contributed by atoms with Crippen LogP contribution in [-0.2, 0) is 9.53 Å². The summed E-state index contributed by atoms with van der Waals surface area (Å²) < 4.78 is 11.9. The average Bonchev–Trinajstić information content (AvgIpc) is 3.33. The summed E-state index contributed by atoms with van der Waals surface area (Å²) in [5.74, 6) is 8.69. The molecule has 172 valence electrons. The number of carbonyl (C=O) groups excluding carboxylic acids is 1. The molecule has 3 aliphatic rings. The molecule has 5 heteroatoms. The monoisotopic (exact) mass is 507 g/mol. The minimum atomic E-state index is -0.577. The Kier molecular flexibility index (Phi) is 5.58. The SMILES string of the molecule is COc1ccc(N2C(=O)[C@H](O[C@]3(C)C[C@H]4[C@@H](C[C@H]3Br)C4(C)C)[C@@H]2C#Cc2ccccc2)cc1. The summed E-state index contributed by atoms with van der Waals surface area (Å²) in [5.41, 5.74) is 1.70. The Labute approximate surface area is 204 Å². The number of amides is 1. The fraction of sp³-hybridized carbons (Fsp3) is 0.464. The van der Waals surface area contributed by atoms with Crippen LogP contribution < -0.4 is 9.64 Å². The van der Waals surface area contributed by atoms with Crippen molar-refractivity contribution in [3.63, 3.8) is 0 Å². The number of rotatable bonds is 4. The Bertz CT molecular complexity index is 1100. The summed E-state index contributed by atoms with van der Waals surface area (Å²) in [6, 6.07) is 17.1. The Hall–Kier alpha value is -2.29. The molecule has 6 atom stereocenters. The van der Waals surface area contributed by atoms with E-state index in [1.54, 1.807) is 12.0 Å². The first-order valence-corrected chi connectivity index (χ1v) is 12.5. The average molecular weight is 508 g/mol. The second kappa shape index (κ2) is 8.18. The molecule has 2 aromatic rings. The first kappa shape index (κ1) is 22.5. The fourth-order valence-electron chi connectivity index (χ4n) is 5.61. The zero-order valence-corrected chi connectivity index (χ0v) is 21.1. The Morgan fingerprint density at radius 1 is 1.03 bits per heavy atom. The zero-order valence-electron chi connectivity index (χ0n) is 19.5. The number of β-lactam (4-membered cyclic amide) rings is 1. The Morgan fingerprint density at radius 3 is 2.39 bits per heavy atom. The molecule has 2 saturated carbocycles. The van der Waals surface area contributed by atoms with Crippen LogP contribution in [0.15, 0.2) is 54.6 Å². The first-order chi connectivity index (χ1) is 15.7. The van der Waals surface area contributed by atoms with E-state index in [1.165, 1.54) is 0 Å². The highest BCUT2D eigenvalue weighted by atomic mass is 79.9. The molecule has 1 aliphatic heterocycles. The van der Waals surface area contributed by atoms with E-state index >= 15 is 0 Å². The number of fused-ring (bicyclic) bond motifs is 1. The molecule has 4 nitrogen and oxygen atoms in total. The number of benzene rings is 2. The van der Waals surface area contributed by atoms with Crippen molar-refractivity contribution in [3.05, 3.63) is 60.2 Å². The molecular formula is C28H30BrNO3. The topological polar surface area (TPSA) is 38.8 Å². The molecule has 1 saturated heterocycles. The van der Waals surface area contributed by atoms with Crippen LogP contribution in [0.2, 0.25) is 0 Å². The Balaban J connectivity index is 1.42.